The van der Waals surface area contributed by atoms with Gasteiger partial charge in [0.15, 0.2) is 0 Å². The third-order valence-electron chi connectivity index (χ3n) is 2.84. The van der Waals surface area contributed by atoms with Gasteiger partial charge in [-0.05, 0) is 51.5 Å². The number of nitrogens with two attached hydrogens (primary N) is 1. The normalized spacial score (nSPS) is 10.4. The Balaban J connectivity index is 2.96. The molecule has 0 spiro atoms. The van der Waals surface area contributed by atoms with Crippen LogP contribution in [0.1, 0.15) is 36.7 Å². The molecule has 0 atom stereocenters. The van der Waals surface area contributed by atoms with Crippen molar-refractivity contribution in [2.75, 3.05) is 18.9 Å². The summed E-state index contributed by atoms with van der Waals surface area (Å²) in [5, 5.41) is 0. The number of benzene rings is 1. The molecule has 1 aromatic rings. The minimum atomic E-state index is -0.407. The molecule has 0 saturated carbocycles. The van der Waals surface area contributed by atoms with Crippen LogP contribution in [-0.4, -0.2) is 36.0 Å². The molecule has 5 nitrogen and oxygen atoms in total. The fourth-order valence-electron chi connectivity index (χ4n) is 1.94. The predicted octanol–water partition coefficient (Wildman–Crippen LogP) is 1.99. The second kappa shape index (κ2) is 6.93. The number of anilines is 1. The highest BCUT2D eigenvalue weighted by molar-refractivity contribution is 5.97. The second-order valence-electron chi connectivity index (χ2n) is 4.96. The zero-order valence-electron chi connectivity index (χ0n) is 12.5. The SMILES string of the molecule is CCOC(=O)CN(C(=O)c1cc(C)cc(N)c1)C(C)C. The quantitative estimate of drug-likeness (QED) is 0.660. The maximum absolute atomic E-state index is 12.5. The Morgan fingerprint density at radius 3 is 2.45 bits per heavy atom. The summed E-state index contributed by atoms with van der Waals surface area (Å²) < 4.78 is 4.90. The average molecular weight is 278 g/mol. The maximum Gasteiger partial charge on any atom is 0.325 e. The van der Waals surface area contributed by atoms with Crippen LogP contribution in [0.5, 0.6) is 0 Å². The van der Waals surface area contributed by atoms with Crippen molar-refractivity contribution in [1.29, 1.82) is 0 Å². The first-order valence-corrected chi connectivity index (χ1v) is 6.69. The van der Waals surface area contributed by atoms with Crippen LogP contribution in [0.2, 0.25) is 0 Å². The summed E-state index contributed by atoms with van der Waals surface area (Å²) in [5.41, 5.74) is 7.69. The highest BCUT2D eigenvalue weighted by atomic mass is 16.5. The summed E-state index contributed by atoms with van der Waals surface area (Å²) in [6.07, 6.45) is 0. The lowest BCUT2D eigenvalue weighted by Gasteiger charge is -2.26. The van der Waals surface area contributed by atoms with Crippen LogP contribution in [0.3, 0.4) is 0 Å². The summed E-state index contributed by atoms with van der Waals surface area (Å²) >= 11 is 0. The Morgan fingerprint density at radius 1 is 1.30 bits per heavy atom. The average Bonchev–Trinajstić information content (AvgIpc) is 2.34. The molecule has 0 fully saturated rings. The first-order valence-electron chi connectivity index (χ1n) is 6.69. The lowest BCUT2D eigenvalue weighted by molar-refractivity contribution is -0.144. The number of ether oxygens (including phenoxy) is 1. The standard InChI is InChI=1S/C15H22N2O3/c1-5-20-14(18)9-17(10(2)3)15(19)12-6-11(4)7-13(16)8-12/h6-8,10H,5,9,16H2,1-4H3. The van der Waals surface area contributed by atoms with Gasteiger partial charge >= 0.3 is 5.97 Å². The number of hydrogen-bond donors (Lipinski definition) is 1. The molecule has 0 aliphatic heterocycles. The highest BCUT2D eigenvalue weighted by Crippen LogP contribution is 2.15. The van der Waals surface area contributed by atoms with Crippen molar-refractivity contribution in [3.8, 4) is 0 Å². The second-order valence-corrected chi connectivity index (χ2v) is 4.96. The van der Waals surface area contributed by atoms with Crippen molar-refractivity contribution in [3.63, 3.8) is 0 Å². The summed E-state index contributed by atoms with van der Waals surface area (Å²) in [4.78, 5) is 25.6. The third kappa shape index (κ3) is 4.26. The van der Waals surface area contributed by atoms with Gasteiger partial charge in [-0.2, -0.15) is 0 Å². The molecular weight excluding hydrogens is 256 g/mol. The number of carbonyl (C=O) groups is 2. The van der Waals surface area contributed by atoms with Gasteiger partial charge in [-0.25, -0.2) is 0 Å². The number of amides is 1. The molecule has 1 aromatic carbocycles. The maximum atomic E-state index is 12.5. The third-order valence-corrected chi connectivity index (χ3v) is 2.84. The van der Waals surface area contributed by atoms with E-state index in [1.807, 2.05) is 20.8 Å². The van der Waals surface area contributed by atoms with E-state index >= 15 is 0 Å². The molecule has 2 N–H and O–H groups in total. The van der Waals surface area contributed by atoms with Crippen LogP contribution in [-0.2, 0) is 9.53 Å². The number of aryl methyl sites for hydroxylation is 1. The van der Waals surface area contributed by atoms with E-state index in [4.69, 9.17) is 10.5 Å². The Morgan fingerprint density at radius 2 is 1.95 bits per heavy atom. The fraction of sp³-hybridized carbons (Fsp3) is 0.467. The van der Waals surface area contributed by atoms with Gasteiger partial charge in [0.25, 0.3) is 5.91 Å². The number of nitrogens with zero attached hydrogens (tertiary/aromatic N) is 1. The number of nitrogen functional groups attached to an aromatic ring is 1. The predicted molar refractivity (Wildman–Crippen MR) is 78.4 cm³/mol. The number of carbonyl (C=O) groups excluding carboxylic acids is 2. The van der Waals surface area contributed by atoms with E-state index in [2.05, 4.69) is 0 Å². The molecular formula is C15H22N2O3. The zero-order valence-corrected chi connectivity index (χ0v) is 12.5. The molecule has 0 unspecified atom stereocenters. The summed E-state index contributed by atoms with van der Waals surface area (Å²) in [6, 6.07) is 5.07. The molecule has 5 heteroatoms. The van der Waals surface area contributed by atoms with Crippen LogP contribution < -0.4 is 5.73 Å². The van der Waals surface area contributed by atoms with Crippen molar-refractivity contribution >= 4 is 17.6 Å². The summed E-state index contributed by atoms with van der Waals surface area (Å²) in [6.45, 7) is 7.57. The Kier molecular flexibility index (Phi) is 5.55. The van der Waals surface area contributed by atoms with Gasteiger partial charge in [0.2, 0.25) is 0 Å². The van der Waals surface area contributed by atoms with Crippen LogP contribution in [0.15, 0.2) is 18.2 Å². The van der Waals surface area contributed by atoms with Crippen LogP contribution in [0.25, 0.3) is 0 Å². The molecule has 0 saturated heterocycles. The number of hydrogen-bond acceptors (Lipinski definition) is 4. The van der Waals surface area contributed by atoms with Gasteiger partial charge in [-0.15, -0.1) is 0 Å². The molecule has 1 rings (SSSR count). The smallest absolute Gasteiger partial charge is 0.325 e. The van der Waals surface area contributed by atoms with Crippen LogP contribution in [0.4, 0.5) is 5.69 Å². The molecule has 0 bridgehead atoms. The van der Waals surface area contributed by atoms with E-state index in [1.54, 1.807) is 25.1 Å². The molecule has 0 heterocycles. The molecule has 0 aromatic heterocycles. The topological polar surface area (TPSA) is 72.6 Å². The fourth-order valence-corrected chi connectivity index (χ4v) is 1.94. The van der Waals surface area contributed by atoms with Gasteiger partial charge in [-0.3, -0.25) is 9.59 Å². The van der Waals surface area contributed by atoms with Crippen molar-refractivity contribution in [2.24, 2.45) is 0 Å². The van der Waals surface area contributed by atoms with Gasteiger partial charge in [0.1, 0.15) is 6.54 Å². The largest absolute Gasteiger partial charge is 0.465 e. The van der Waals surface area contributed by atoms with E-state index in [9.17, 15) is 9.59 Å². The molecule has 0 radical (unpaired) electrons. The molecule has 1 amide bonds. The van der Waals surface area contributed by atoms with Crippen molar-refractivity contribution < 1.29 is 14.3 Å². The van der Waals surface area contributed by atoms with Gasteiger partial charge in [-0.1, -0.05) is 0 Å². The first kappa shape index (κ1) is 16.0. The van der Waals surface area contributed by atoms with E-state index in [-0.39, 0.29) is 18.5 Å². The monoisotopic (exact) mass is 278 g/mol. The van der Waals surface area contributed by atoms with Gasteiger partial charge < -0.3 is 15.4 Å². The minimum Gasteiger partial charge on any atom is -0.465 e. The molecule has 0 aliphatic carbocycles. The van der Waals surface area contributed by atoms with Crippen molar-refractivity contribution in [3.05, 3.63) is 29.3 Å². The van der Waals surface area contributed by atoms with Gasteiger partial charge in [0.05, 0.1) is 6.61 Å². The Hall–Kier alpha value is -2.04. The first-order chi connectivity index (χ1) is 9.35. The summed E-state index contributed by atoms with van der Waals surface area (Å²) in [5.74, 6) is -0.626. The van der Waals surface area contributed by atoms with Crippen LogP contribution in [0, 0.1) is 6.92 Å². The van der Waals surface area contributed by atoms with E-state index in [0.29, 0.717) is 17.9 Å². The minimum absolute atomic E-state index is 0.0574. The van der Waals surface area contributed by atoms with Gasteiger partial charge in [0, 0.05) is 17.3 Å². The van der Waals surface area contributed by atoms with E-state index < -0.39 is 5.97 Å². The Bertz CT molecular complexity index is 478. The highest BCUT2D eigenvalue weighted by Gasteiger charge is 2.22. The lowest BCUT2D eigenvalue weighted by atomic mass is 10.1. The Labute approximate surface area is 119 Å². The molecule has 0 aliphatic rings. The van der Waals surface area contributed by atoms with Crippen molar-refractivity contribution in [1.82, 2.24) is 4.90 Å². The number of rotatable bonds is 5. The van der Waals surface area contributed by atoms with Crippen molar-refractivity contribution in [2.45, 2.75) is 33.7 Å². The van der Waals surface area contributed by atoms with E-state index in [1.165, 1.54) is 4.90 Å². The number of esters is 1. The molecule has 20 heavy (non-hydrogen) atoms. The molecule has 110 valence electrons. The van der Waals surface area contributed by atoms with E-state index in [0.717, 1.165) is 5.56 Å². The van der Waals surface area contributed by atoms with Crippen LogP contribution >= 0.6 is 0 Å². The summed E-state index contributed by atoms with van der Waals surface area (Å²) in [7, 11) is 0. The lowest BCUT2D eigenvalue weighted by Crippen LogP contribution is -2.41. The zero-order chi connectivity index (χ0) is 15.3.